The highest BCUT2D eigenvalue weighted by molar-refractivity contribution is 5.92. The summed E-state index contributed by atoms with van der Waals surface area (Å²) in [6, 6.07) is 1.59. The second kappa shape index (κ2) is 8.01. The minimum Gasteiger partial charge on any atom is -0.390 e. The minimum absolute atomic E-state index is 0.143. The van der Waals surface area contributed by atoms with Gasteiger partial charge in [-0.1, -0.05) is 31.2 Å². The molecule has 1 amide bonds. The Hall–Kier alpha value is -2.78. The van der Waals surface area contributed by atoms with Crippen molar-refractivity contribution in [2.75, 3.05) is 6.54 Å². The largest absolute Gasteiger partial charge is 0.491 e. The highest BCUT2D eigenvalue weighted by Gasteiger charge is 2.14. The van der Waals surface area contributed by atoms with Gasteiger partial charge in [-0.2, -0.15) is 9.78 Å². The SMILES string of the molecule is CCCCCCNC(=O)c1ccn(Cn2cnc([N+](=O)[O-])n2)n1. The second-order valence-electron chi connectivity index (χ2n) is 5.04. The van der Waals surface area contributed by atoms with Gasteiger partial charge in [0.15, 0.2) is 6.67 Å². The van der Waals surface area contributed by atoms with E-state index in [1.807, 2.05) is 0 Å². The fourth-order valence-corrected chi connectivity index (χ4v) is 1.99. The zero-order chi connectivity index (χ0) is 16.7. The summed E-state index contributed by atoms with van der Waals surface area (Å²) in [7, 11) is 0. The van der Waals surface area contributed by atoms with Crippen LogP contribution in [0.2, 0.25) is 0 Å². The smallest absolute Gasteiger partial charge is 0.390 e. The lowest BCUT2D eigenvalue weighted by Crippen LogP contribution is -2.25. The van der Waals surface area contributed by atoms with Crippen molar-refractivity contribution < 1.29 is 9.72 Å². The Morgan fingerprint density at radius 2 is 2.13 bits per heavy atom. The first-order chi connectivity index (χ1) is 11.1. The topological polar surface area (TPSA) is 121 Å². The van der Waals surface area contributed by atoms with E-state index in [2.05, 4.69) is 27.4 Å². The molecule has 2 heterocycles. The van der Waals surface area contributed by atoms with Crippen LogP contribution in [0.3, 0.4) is 0 Å². The highest BCUT2D eigenvalue weighted by Crippen LogP contribution is 2.02. The van der Waals surface area contributed by atoms with Gasteiger partial charge in [0.25, 0.3) is 5.91 Å². The second-order valence-corrected chi connectivity index (χ2v) is 5.04. The van der Waals surface area contributed by atoms with Gasteiger partial charge in [-0.05, 0) is 17.4 Å². The normalized spacial score (nSPS) is 10.7. The van der Waals surface area contributed by atoms with Crippen LogP contribution in [0, 0.1) is 10.1 Å². The summed E-state index contributed by atoms with van der Waals surface area (Å²) < 4.78 is 2.74. The lowest BCUT2D eigenvalue weighted by atomic mass is 10.2. The molecule has 2 rings (SSSR count). The van der Waals surface area contributed by atoms with Gasteiger partial charge in [0.05, 0.1) is 0 Å². The van der Waals surface area contributed by atoms with Crippen LogP contribution < -0.4 is 5.32 Å². The molecule has 0 aliphatic carbocycles. The van der Waals surface area contributed by atoms with E-state index >= 15 is 0 Å². The van der Waals surface area contributed by atoms with E-state index in [9.17, 15) is 14.9 Å². The van der Waals surface area contributed by atoms with Crippen LogP contribution in [0.25, 0.3) is 0 Å². The Morgan fingerprint density at radius 1 is 1.30 bits per heavy atom. The van der Waals surface area contributed by atoms with Crippen molar-refractivity contribution in [1.82, 2.24) is 29.9 Å². The van der Waals surface area contributed by atoms with Gasteiger partial charge < -0.3 is 15.4 Å². The predicted octanol–water partition coefficient (Wildman–Crippen LogP) is 1.20. The van der Waals surface area contributed by atoms with E-state index in [1.165, 1.54) is 15.7 Å². The molecule has 124 valence electrons. The van der Waals surface area contributed by atoms with E-state index in [0.717, 1.165) is 25.7 Å². The number of carbonyl (C=O) groups excluding carboxylic acids is 1. The lowest BCUT2D eigenvalue weighted by Gasteiger charge is -2.02. The number of hydrogen-bond acceptors (Lipinski definition) is 6. The van der Waals surface area contributed by atoms with Crippen LogP contribution in [-0.4, -0.2) is 41.9 Å². The Labute approximate surface area is 132 Å². The Morgan fingerprint density at radius 3 is 2.83 bits per heavy atom. The number of unbranched alkanes of at least 4 members (excludes halogenated alkanes) is 3. The fourth-order valence-electron chi connectivity index (χ4n) is 1.99. The van der Waals surface area contributed by atoms with Gasteiger partial charge in [0.2, 0.25) is 6.33 Å². The third-order valence-electron chi connectivity index (χ3n) is 3.17. The third-order valence-corrected chi connectivity index (χ3v) is 3.17. The molecule has 10 heteroatoms. The standard InChI is InChI=1S/C13H19N7O3/c1-2-3-4-5-7-14-12(21)11-6-8-18(16-11)10-19-9-15-13(17-19)20(22)23/h6,8-9H,2-5,7,10H2,1H3,(H,14,21). The zero-order valence-corrected chi connectivity index (χ0v) is 12.9. The third kappa shape index (κ3) is 4.87. The maximum atomic E-state index is 11.9. The Bertz CT molecular complexity index is 664. The molecule has 0 fully saturated rings. The summed E-state index contributed by atoms with van der Waals surface area (Å²) in [6.07, 6.45) is 7.21. The van der Waals surface area contributed by atoms with Crippen molar-refractivity contribution in [2.45, 2.75) is 39.3 Å². The van der Waals surface area contributed by atoms with Crippen LogP contribution in [0.4, 0.5) is 5.95 Å². The molecule has 2 aromatic rings. The number of rotatable bonds is 9. The molecule has 0 unspecified atom stereocenters. The van der Waals surface area contributed by atoms with E-state index in [0.29, 0.717) is 12.2 Å². The van der Waals surface area contributed by atoms with Gasteiger partial charge in [-0.15, -0.1) is 0 Å². The monoisotopic (exact) mass is 321 g/mol. The first-order valence-electron chi connectivity index (χ1n) is 7.45. The van der Waals surface area contributed by atoms with E-state index in [-0.39, 0.29) is 12.6 Å². The molecule has 0 atom stereocenters. The van der Waals surface area contributed by atoms with Gasteiger partial charge in [-0.3, -0.25) is 4.79 Å². The van der Waals surface area contributed by atoms with Crippen molar-refractivity contribution in [1.29, 1.82) is 0 Å². The number of hydrogen-bond donors (Lipinski definition) is 1. The average molecular weight is 321 g/mol. The van der Waals surface area contributed by atoms with Crippen molar-refractivity contribution >= 4 is 11.9 Å². The summed E-state index contributed by atoms with van der Waals surface area (Å²) in [5.41, 5.74) is 0.301. The average Bonchev–Trinajstić information content (AvgIpc) is 3.17. The summed E-state index contributed by atoms with van der Waals surface area (Å²) in [6.45, 7) is 2.90. The van der Waals surface area contributed by atoms with Crippen molar-refractivity contribution in [3.8, 4) is 0 Å². The molecule has 0 aromatic carbocycles. The zero-order valence-electron chi connectivity index (χ0n) is 12.9. The number of aromatic nitrogens is 5. The molecular formula is C13H19N7O3. The van der Waals surface area contributed by atoms with Gasteiger partial charge in [-0.25, -0.2) is 4.68 Å². The molecule has 23 heavy (non-hydrogen) atoms. The molecule has 0 saturated heterocycles. The quantitative estimate of drug-likeness (QED) is 0.421. The number of amides is 1. The number of carbonyl (C=O) groups is 1. The van der Waals surface area contributed by atoms with Crippen molar-refractivity contribution in [2.24, 2.45) is 0 Å². The summed E-state index contributed by atoms with van der Waals surface area (Å²) >= 11 is 0. The Balaban J connectivity index is 1.84. The summed E-state index contributed by atoms with van der Waals surface area (Å²) in [4.78, 5) is 25.3. The molecule has 0 bridgehead atoms. The van der Waals surface area contributed by atoms with Crippen LogP contribution >= 0.6 is 0 Å². The molecule has 10 nitrogen and oxygen atoms in total. The van der Waals surface area contributed by atoms with Crippen LogP contribution in [0.5, 0.6) is 0 Å². The summed E-state index contributed by atoms with van der Waals surface area (Å²) in [5, 5.41) is 21.1. The molecular weight excluding hydrogens is 302 g/mol. The fraction of sp³-hybridized carbons (Fsp3) is 0.538. The van der Waals surface area contributed by atoms with Gasteiger partial charge in [0, 0.05) is 17.8 Å². The maximum absolute atomic E-state index is 11.9. The van der Waals surface area contributed by atoms with E-state index in [1.54, 1.807) is 12.3 Å². The molecule has 0 radical (unpaired) electrons. The van der Waals surface area contributed by atoms with Crippen molar-refractivity contribution in [3.05, 3.63) is 34.4 Å². The maximum Gasteiger partial charge on any atom is 0.491 e. The molecule has 1 N–H and O–H groups in total. The molecule has 0 aliphatic rings. The molecule has 0 aliphatic heterocycles. The predicted molar refractivity (Wildman–Crippen MR) is 80.8 cm³/mol. The van der Waals surface area contributed by atoms with Crippen LogP contribution in [0.15, 0.2) is 18.6 Å². The number of nitrogens with one attached hydrogen (secondary N) is 1. The number of nitro groups is 1. The van der Waals surface area contributed by atoms with Gasteiger partial charge >= 0.3 is 5.95 Å². The highest BCUT2D eigenvalue weighted by atomic mass is 16.6. The van der Waals surface area contributed by atoms with Crippen LogP contribution in [0.1, 0.15) is 43.1 Å². The number of nitrogens with zero attached hydrogens (tertiary/aromatic N) is 6. The van der Waals surface area contributed by atoms with Crippen LogP contribution in [-0.2, 0) is 6.67 Å². The first kappa shape index (κ1) is 16.6. The van der Waals surface area contributed by atoms with E-state index < -0.39 is 10.9 Å². The van der Waals surface area contributed by atoms with Gasteiger partial charge in [0.1, 0.15) is 5.69 Å². The Kier molecular flexibility index (Phi) is 5.78. The summed E-state index contributed by atoms with van der Waals surface area (Å²) in [5.74, 6) is -0.702. The first-order valence-corrected chi connectivity index (χ1v) is 7.45. The molecule has 0 spiro atoms. The lowest BCUT2D eigenvalue weighted by molar-refractivity contribution is -0.394. The molecule has 0 saturated carbocycles. The van der Waals surface area contributed by atoms with E-state index in [4.69, 9.17) is 0 Å². The van der Waals surface area contributed by atoms with Crippen molar-refractivity contribution in [3.63, 3.8) is 0 Å². The minimum atomic E-state index is -0.670. The molecule has 2 aromatic heterocycles.